The molecule has 0 aliphatic carbocycles. The molecule has 3 heterocycles. The molecule has 3 rings (SSSR count). The predicted molar refractivity (Wildman–Crippen MR) is 73.0 cm³/mol. The maximum atomic E-state index is 12.3. The van der Waals surface area contributed by atoms with Gasteiger partial charge in [-0.1, -0.05) is 0 Å². The first-order valence-electron chi connectivity index (χ1n) is 7.21. The van der Waals surface area contributed by atoms with Gasteiger partial charge in [0.1, 0.15) is 5.69 Å². The van der Waals surface area contributed by atoms with Crippen LogP contribution in [0.3, 0.4) is 0 Å². The average molecular weight is 262 g/mol. The van der Waals surface area contributed by atoms with E-state index in [1.807, 2.05) is 17.9 Å². The van der Waals surface area contributed by atoms with Gasteiger partial charge in [0.15, 0.2) is 0 Å². The molecule has 0 unspecified atom stereocenters. The minimum absolute atomic E-state index is 0.0770. The number of piperidine rings is 2. The quantitative estimate of drug-likeness (QED) is 0.802. The number of hydrogen-bond acceptors (Lipinski definition) is 3. The van der Waals surface area contributed by atoms with E-state index in [4.69, 9.17) is 0 Å². The van der Waals surface area contributed by atoms with Crippen molar-refractivity contribution in [2.45, 2.75) is 32.6 Å². The summed E-state index contributed by atoms with van der Waals surface area (Å²) in [5, 5.41) is 10.3. The molecule has 0 radical (unpaired) electrons. The lowest BCUT2D eigenvalue weighted by Crippen LogP contribution is -2.47. The second kappa shape index (κ2) is 4.96. The molecule has 2 N–H and O–H groups in total. The molecular formula is C14H22N4O. The lowest BCUT2D eigenvalue weighted by atomic mass is 9.71. The van der Waals surface area contributed by atoms with Crippen molar-refractivity contribution in [1.82, 2.24) is 20.4 Å². The summed E-state index contributed by atoms with van der Waals surface area (Å²) >= 11 is 0. The normalized spacial score (nSPS) is 22.7. The number of nitrogens with zero attached hydrogens (tertiary/aromatic N) is 2. The molecule has 2 aliphatic rings. The Morgan fingerprint density at radius 3 is 2.53 bits per heavy atom. The minimum Gasteiger partial charge on any atom is -0.337 e. The van der Waals surface area contributed by atoms with E-state index in [9.17, 15) is 4.79 Å². The highest BCUT2D eigenvalue weighted by Gasteiger charge is 2.37. The Morgan fingerprint density at radius 2 is 1.95 bits per heavy atom. The lowest BCUT2D eigenvalue weighted by Gasteiger charge is -2.44. The number of likely N-dealkylation sites (tertiary alicyclic amines) is 1. The Bertz CT molecular complexity index is 452. The van der Waals surface area contributed by atoms with E-state index in [1.54, 1.807) is 0 Å². The Balaban J connectivity index is 1.62. The van der Waals surface area contributed by atoms with Crippen LogP contribution >= 0.6 is 0 Å². The Hall–Kier alpha value is -1.36. The fourth-order valence-corrected chi connectivity index (χ4v) is 3.33. The monoisotopic (exact) mass is 262 g/mol. The van der Waals surface area contributed by atoms with Crippen LogP contribution in [0.5, 0.6) is 0 Å². The highest BCUT2D eigenvalue weighted by Crippen LogP contribution is 2.39. The lowest BCUT2D eigenvalue weighted by molar-refractivity contribution is 0.0491. The van der Waals surface area contributed by atoms with E-state index >= 15 is 0 Å². The second-order valence-electron chi connectivity index (χ2n) is 5.98. The van der Waals surface area contributed by atoms with Gasteiger partial charge >= 0.3 is 0 Å². The molecule has 5 heteroatoms. The largest absolute Gasteiger partial charge is 0.337 e. The molecule has 19 heavy (non-hydrogen) atoms. The molecule has 0 atom stereocenters. The van der Waals surface area contributed by atoms with Crippen molar-refractivity contribution in [3.8, 4) is 0 Å². The summed E-state index contributed by atoms with van der Waals surface area (Å²) in [4.78, 5) is 14.3. The van der Waals surface area contributed by atoms with Crippen LogP contribution in [-0.2, 0) is 0 Å². The third kappa shape index (κ3) is 2.52. The Kier molecular flexibility index (Phi) is 3.31. The summed E-state index contributed by atoms with van der Waals surface area (Å²) in [6, 6.07) is 1.83. The van der Waals surface area contributed by atoms with Gasteiger partial charge in [0, 0.05) is 18.8 Å². The number of hydrogen-bond donors (Lipinski definition) is 2. The molecule has 2 saturated heterocycles. The van der Waals surface area contributed by atoms with Gasteiger partial charge in [-0.25, -0.2) is 0 Å². The van der Waals surface area contributed by atoms with Crippen molar-refractivity contribution in [2.24, 2.45) is 5.41 Å². The smallest absolute Gasteiger partial charge is 0.274 e. The minimum atomic E-state index is 0.0770. The van der Waals surface area contributed by atoms with E-state index in [0.717, 1.165) is 44.7 Å². The number of carbonyl (C=O) groups excluding carboxylic acids is 1. The van der Waals surface area contributed by atoms with Crippen molar-refractivity contribution in [3.05, 3.63) is 17.5 Å². The molecular weight excluding hydrogens is 240 g/mol. The Labute approximate surface area is 113 Å². The van der Waals surface area contributed by atoms with Crippen molar-refractivity contribution >= 4 is 5.91 Å². The maximum Gasteiger partial charge on any atom is 0.274 e. The van der Waals surface area contributed by atoms with Crippen molar-refractivity contribution in [1.29, 1.82) is 0 Å². The van der Waals surface area contributed by atoms with E-state index in [1.165, 1.54) is 12.8 Å². The van der Waals surface area contributed by atoms with E-state index in [0.29, 0.717) is 11.1 Å². The molecule has 0 saturated carbocycles. The fraction of sp³-hybridized carbons (Fsp3) is 0.714. The zero-order chi connectivity index (χ0) is 13.3. The molecule has 0 aromatic carbocycles. The van der Waals surface area contributed by atoms with Crippen LogP contribution in [0, 0.1) is 12.3 Å². The van der Waals surface area contributed by atoms with Gasteiger partial charge in [-0.15, -0.1) is 0 Å². The zero-order valence-electron chi connectivity index (χ0n) is 11.5. The fourth-order valence-electron chi connectivity index (χ4n) is 3.33. The van der Waals surface area contributed by atoms with Gasteiger partial charge in [0.2, 0.25) is 0 Å². The van der Waals surface area contributed by atoms with E-state index in [-0.39, 0.29) is 5.91 Å². The number of aromatic amines is 1. The molecule has 104 valence electrons. The number of nitrogens with one attached hydrogen (secondary N) is 2. The van der Waals surface area contributed by atoms with Crippen LogP contribution in [0.15, 0.2) is 6.07 Å². The van der Waals surface area contributed by atoms with Crippen molar-refractivity contribution < 1.29 is 4.79 Å². The van der Waals surface area contributed by atoms with Crippen molar-refractivity contribution in [2.75, 3.05) is 26.2 Å². The average Bonchev–Trinajstić information content (AvgIpc) is 2.87. The SMILES string of the molecule is Cc1cc(C(=O)N2CCC3(CCNCC3)CC2)n[nH]1. The molecule has 0 bridgehead atoms. The molecule has 2 aliphatic heterocycles. The number of carbonyl (C=O) groups is 1. The van der Waals surface area contributed by atoms with Gasteiger partial charge in [-0.2, -0.15) is 5.10 Å². The number of H-pyrrole nitrogens is 1. The van der Waals surface area contributed by atoms with Gasteiger partial charge in [0.25, 0.3) is 5.91 Å². The third-order valence-electron chi connectivity index (χ3n) is 4.70. The number of amides is 1. The van der Waals surface area contributed by atoms with Crippen LogP contribution in [-0.4, -0.2) is 47.2 Å². The standard InChI is InChI=1S/C14H22N4O/c1-11-10-12(17-16-11)13(19)18-8-4-14(5-9-18)2-6-15-7-3-14/h10,15H,2-9H2,1H3,(H,16,17). The summed E-state index contributed by atoms with van der Waals surface area (Å²) in [5.74, 6) is 0.0770. The van der Waals surface area contributed by atoms with E-state index in [2.05, 4.69) is 15.5 Å². The first kappa shape index (κ1) is 12.7. The molecule has 2 fully saturated rings. The summed E-state index contributed by atoms with van der Waals surface area (Å²) in [5.41, 5.74) is 1.98. The first-order valence-corrected chi connectivity index (χ1v) is 7.21. The summed E-state index contributed by atoms with van der Waals surface area (Å²) in [6.07, 6.45) is 4.81. The van der Waals surface area contributed by atoms with Gasteiger partial charge < -0.3 is 10.2 Å². The van der Waals surface area contributed by atoms with Crippen molar-refractivity contribution in [3.63, 3.8) is 0 Å². The van der Waals surface area contributed by atoms with Crippen LogP contribution in [0.25, 0.3) is 0 Å². The van der Waals surface area contributed by atoms with Gasteiger partial charge in [-0.3, -0.25) is 9.89 Å². The van der Waals surface area contributed by atoms with Crippen LogP contribution in [0.2, 0.25) is 0 Å². The topological polar surface area (TPSA) is 61.0 Å². The number of aryl methyl sites for hydroxylation is 1. The van der Waals surface area contributed by atoms with Gasteiger partial charge in [0.05, 0.1) is 0 Å². The highest BCUT2D eigenvalue weighted by atomic mass is 16.2. The van der Waals surface area contributed by atoms with E-state index < -0.39 is 0 Å². The first-order chi connectivity index (χ1) is 9.19. The zero-order valence-corrected chi connectivity index (χ0v) is 11.5. The molecule has 1 aromatic rings. The molecule has 1 aromatic heterocycles. The van der Waals surface area contributed by atoms with Crippen LogP contribution in [0.4, 0.5) is 0 Å². The second-order valence-corrected chi connectivity index (χ2v) is 5.98. The highest BCUT2D eigenvalue weighted by molar-refractivity contribution is 5.92. The molecule has 1 amide bonds. The number of aromatic nitrogens is 2. The van der Waals surface area contributed by atoms with Crippen LogP contribution < -0.4 is 5.32 Å². The molecule has 5 nitrogen and oxygen atoms in total. The Morgan fingerprint density at radius 1 is 1.26 bits per heavy atom. The molecule has 1 spiro atoms. The summed E-state index contributed by atoms with van der Waals surface area (Å²) in [7, 11) is 0. The number of rotatable bonds is 1. The third-order valence-corrected chi connectivity index (χ3v) is 4.70. The summed E-state index contributed by atoms with van der Waals surface area (Å²) in [6.45, 7) is 5.94. The predicted octanol–water partition coefficient (Wildman–Crippen LogP) is 1.32. The maximum absolute atomic E-state index is 12.3. The van der Waals surface area contributed by atoms with Gasteiger partial charge in [-0.05, 0) is 57.2 Å². The summed E-state index contributed by atoms with van der Waals surface area (Å²) < 4.78 is 0. The van der Waals surface area contributed by atoms with Crippen LogP contribution in [0.1, 0.15) is 41.9 Å².